The summed E-state index contributed by atoms with van der Waals surface area (Å²) in [5, 5.41) is 31.1. The van der Waals surface area contributed by atoms with Crippen LogP contribution < -0.4 is 124 Å². The first-order valence-corrected chi connectivity index (χ1v) is 37.4. The van der Waals surface area contributed by atoms with Gasteiger partial charge in [-0.15, -0.1) is 0 Å². The number of nitrogens with two attached hydrogens (primary N) is 12. The number of carboxylic acids is 3. The number of unbranched alkanes of at least 4 members (excludes halogenated alkanes) is 1. The highest BCUT2D eigenvalue weighted by Crippen LogP contribution is 2.34. The van der Waals surface area contributed by atoms with Gasteiger partial charge in [0.1, 0.15) is 0 Å². The van der Waals surface area contributed by atoms with Crippen LogP contribution in [-0.2, 0) is 43.9 Å². The van der Waals surface area contributed by atoms with Crippen LogP contribution in [0.25, 0.3) is 10.8 Å². The van der Waals surface area contributed by atoms with E-state index in [9.17, 15) is 78.6 Å². The number of imide groups is 3. The average molecular weight is 1580 g/mol. The molecule has 6 amide bonds. The Labute approximate surface area is 628 Å². The number of hydrogen-bond donors (Lipinski definition) is 19. The quantitative estimate of drug-likeness (QED) is 0.0109. The first-order valence-electron chi connectivity index (χ1n) is 32.5. The number of amides is 6. The predicted molar refractivity (Wildman–Crippen MR) is 397 cm³/mol. The largest absolute Gasteiger partial charge is 0.549 e. The summed E-state index contributed by atoms with van der Waals surface area (Å²) in [7, 11) is -12.1. The molecule has 0 atom stereocenters. The molecular weight excluding hydrogens is 1500 g/mol. The number of carboxylic acid groups (broad SMARTS) is 3. The number of benzene rings is 7. The SMILES string of the molecule is NC(N)=[NH+]CCCC[NH+]=C(N)N.NC(N)=[NH+]CCC[NH+]=C(N)N.NC(N)=[NH+]CCC[NH+]=C(N)N.O=C(O)CS(=O)(=O)c1ccc(N2C(=O)c3cccc4cccc(c34)C2=O)cc1.O=C([O-])CS(=O)(=O)c1ccc(N2C(=O)c3ccccc3C2=O)cc1.O=C([O-])CS(=O)(=O)c1ccc(N2C(=O)c3ccccc3C2=O)cc1. The van der Waals surface area contributed by atoms with Crippen molar-refractivity contribution in [3.63, 3.8) is 0 Å². The van der Waals surface area contributed by atoms with E-state index in [4.69, 9.17) is 73.9 Å². The lowest BCUT2D eigenvalue weighted by atomic mass is 9.94. The van der Waals surface area contributed by atoms with Gasteiger partial charge in [0.25, 0.3) is 35.4 Å². The van der Waals surface area contributed by atoms with Gasteiger partial charge in [0, 0.05) is 29.4 Å². The van der Waals surface area contributed by atoms with E-state index in [1.165, 1.54) is 72.8 Å². The number of nitrogens with zero attached hydrogens (tertiary/aromatic N) is 3. The van der Waals surface area contributed by atoms with Crippen molar-refractivity contribution in [2.24, 2.45) is 68.8 Å². The molecule has 0 unspecified atom stereocenters. The second-order valence-electron chi connectivity index (χ2n) is 23.2. The molecule has 7 aromatic carbocycles. The van der Waals surface area contributed by atoms with Crippen molar-refractivity contribution in [3.05, 3.63) is 191 Å². The van der Waals surface area contributed by atoms with Gasteiger partial charge in [0.2, 0.25) is 0 Å². The molecule has 582 valence electrons. The number of nitrogens with one attached hydrogen (secondary N) is 6. The van der Waals surface area contributed by atoms with Crippen LogP contribution in [0.15, 0.2) is 172 Å². The predicted octanol–water partition coefficient (Wildman–Crippen LogP) is -14.8. The number of sulfone groups is 3. The fourth-order valence-electron chi connectivity index (χ4n) is 10.1. The van der Waals surface area contributed by atoms with Gasteiger partial charge in [-0.1, -0.05) is 48.5 Å². The molecule has 0 saturated carbocycles. The second-order valence-corrected chi connectivity index (χ2v) is 29.2. The Hall–Kier alpha value is -13.9. The third kappa shape index (κ3) is 25.1. The third-order valence-corrected chi connectivity index (χ3v) is 19.8. The lowest BCUT2D eigenvalue weighted by molar-refractivity contribution is -0.493. The summed E-state index contributed by atoms with van der Waals surface area (Å²) in [6.45, 7) is 4.39. The molecule has 3 aliphatic heterocycles. The summed E-state index contributed by atoms with van der Waals surface area (Å²) < 4.78 is 71.3. The second kappa shape index (κ2) is 40.0. The van der Waals surface area contributed by atoms with Gasteiger partial charge in [0.05, 0.1) is 117 Å². The van der Waals surface area contributed by atoms with Crippen molar-refractivity contribution in [2.45, 2.75) is 40.4 Å². The van der Waals surface area contributed by atoms with Gasteiger partial charge < -0.3 is 24.9 Å². The summed E-state index contributed by atoms with van der Waals surface area (Å²) in [6, 6.07) is 37.8. The number of guanidine groups is 6. The van der Waals surface area contributed by atoms with E-state index in [1.807, 2.05) is 12.1 Å². The van der Waals surface area contributed by atoms with Crippen LogP contribution in [0.4, 0.5) is 17.1 Å². The van der Waals surface area contributed by atoms with E-state index in [0.717, 1.165) is 83.1 Å². The van der Waals surface area contributed by atoms with Gasteiger partial charge >= 0.3 is 41.7 Å². The Morgan fingerprint density at radius 1 is 0.309 bits per heavy atom. The molecule has 31 N–H and O–H groups in total. The number of aliphatic carboxylic acids is 3. The molecule has 42 heteroatoms. The van der Waals surface area contributed by atoms with Crippen LogP contribution in [-0.4, -0.2) is 176 Å². The van der Waals surface area contributed by atoms with Crippen molar-refractivity contribution in [2.75, 3.05) is 71.2 Å². The molecule has 3 heterocycles. The number of hydrogen-bond acceptors (Lipinski definition) is 17. The molecule has 0 saturated heterocycles. The van der Waals surface area contributed by atoms with Crippen molar-refractivity contribution in [3.8, 4) is 0 Å². The van der Waals surface area contributed by atoms with Gasteiger partial charge in [-0.25, -0.2) is 40.0 Å². The molecule has 0 aliphatic carbocycles. The fraction of sp³-hybridized carbons (Fsp3) is 0.191. The lowest BCUT2D eigenvalue weighted by Gasteiger charge is -2.27. The highest BCUT2D eigenvalue weighted by molar-refractivity contribution is 7.92. The van der Waals surface area contributed by atoms with Crippen molar-refractivity contribution >= 4 is 146 Å². The molecular formula is C68H83N21O18S3+4. The Bertz CT molecular complexity index is 4760. The Kier molecular flexibility index (Phi) is 31.5. The first-order chi connectivity index (χ1) is 51.8. The zero-order chi connectivity index (χ0) is 81.8. The Morgan fingerprint density at radius 3 is 0.755 bits per heavy atom. The van der Waals surface area contributed by atoms with E-state index < -0.39 is 100 Å². The maximum atomic E-state index is 13.0. The van der Waals surface area contributed by atoms with Gasteiger partial charge in [-0.05, 0) is 127 Å². The molecule has 0 aromatic heterocycles. The fourth-order valence-corrected chi connectivity index (χ4v) is 13.2. The number of fused-ring (bicyclic) bond motifs is 2. The van der Waals surface area contributed by atoms with Crippen LogP contribution in [0.2, 0.25) is 0 Å². The topological polar surface area (TPSA) is 728 Å². The minimum Gasteiger partial charge on any atom is -0.549 e. The Morgan fingerprint density at radius 2 is 0.527 bits per heavy atom. The molecule has 7 aromatic rings. The lowest BCUT2D eigenvalue weighted by Crippen LogP contribution is -2.82. The normalized spacial score (nSPS) is 12.3. The van der Waals surface area contributed by atoms with Crippen LogP contribution in [0.3, 0.4) is 0 Å². The summed E-state index contributed by atoms with van der Waals surface area (Å²) in [5.74, 6) is -9.76. The molecule has 110 heavy (non-hydrogen) atoms. The Balaban J connectivity index is 0.000000246. The molecule has 39 nitrogen and oxygen atoms in total. The molecule has 10 rings (SSSR count). The standard InChI is InChI=1S/C20H13NO6S.2C16H11NO6S.C6H16N6.2C5H14N6/c22-17(23)11-28(26,27)14-9-7-13(8-10-14)21-19(24)15-5-1-3-12-4-2-6-16(18(12)15)20(21)25;2*18-14(19)9-24(22,23)11-7-5-10(6-8-11)17-15(20)12-3-1-2-4-13(12)16(17)21;7-5(8)11-3-1-2-4-12-6(9)10;2*6-4(7)10-2-1-3-11-5(8)9/h1-10H,11H2,(H,22,23);2*1-8H,9H2,(H,18,19);1-4H2,(H4,7,8,11)(H4,9,10,12);2*1-3H2,(H4,6,7,10)(H4,8,9,11)/p+4. The maximum absolute atomic E-state index is 13.0. The van der Waals surface area contributed by atoms with Crippen molar-refractivity contribution < 1.29 is 114 Å². The number of carbonyl (C=O) groups excluding carboxylic acids is 8. The first kappa shape index (κ1) is 86.7. The molecule has 0 radical (unpaired) electrons. The minimum absolute atomic E-state index is 0.196. The van der Waals surface area contributed by atoms with Crippen LogP contribution in [0, 0.1) is 0 Å². The zero-order valence-electron chi connectivity index (χ0n) is 58.6. The molecule has 0 spiro atoms. The smallest absolute Gasteiger partial charge is 0.338 e. The van der Waals surface area contributed by atoms with Crippen molar-refractivity contribution in [1.82, 2.24) is 0 Å². The van der Waals surface area contributed by atoms with E-state index >= 15 is 0 Å². The van der Waals surface area contributed by atoms with Gasteiger partial charge in [-0.2, -0.15) is 0 Å². The monoisotopic (exact) mass is 1580 g/mol. The van der Waals surface area contributed by atoms with Crippen LogP contribution in [0.1, 0.15) is 87.8 Å². The third-order valence-electron chi connectivity index (χ3n) is 14.9. The number of rotatable bonds is 25. The van der Waals surface area contributed by atoms with Crippen LogP contribution in [0.5, 0.6) is 0 Å². The van der Waals surface area contributed by atoms with Crippen molar-refractivity contribution in [1.29, 1.82) is 0 Å². The molecule has 0 bridgehead atoms. The molecule has 0 fully saturated rings. The van der Waals surface area contributed by atoms with Crippen LogP contribution >= 0.6 is 0 Å². The van der Waals surface area contributed by atoms with Gasteiger partial charge in [-0.3, -0.25) is 132 Å². The van der Waals surface area contributed by atoms with E-state index in [1.54, 1.807) is 48.5 Å². The molecule has 3 aliphatic rings. The number of anilines is 3. The maximum Gasteiger partial charge on any atom is 0.338 e. The zero-order valence-corrected chi connectivity index (χ0v) is 61.0. The van der Waals surface area contributed by atoms with E-state index in [-0.39, 0.29) is 89.8 Å². The average Bonchev–Trinajstić information content (AvgIpc) is 1.05. The van der Waals surface area contributed by atoms with E-state index in [0.29, 0.717) is 42.7 Å². The van der Waals surface area contributed by atoms with E-state index in [2.05, 4.69) is 30.0 Å². The summed E-state index contributed by atoms with van der Waals surface area (Å²) in [4.78, 5) is 126. The highest BCUT2D eigenvalue weighted by atomic mass is 32.2. The highest BCUT2D eigenvalue weighted by Gasteiger charge is 2.39. The summed E-state index contributed by atoms with van der Waals surface area (Å²) >= 11 is 0. The minimum atomic E-state index is -4.03. The number of carbonyl (C=O) groups is 9. The van der Waals surface area contributed by atoms with Gasteiger partial charge in [0.15, 0.2) is 35.3 Å². The summed E-state index contributed by atoms with van der Waals surface area (Å²) in [6.07, 6.45) is 3.65. The summed E-state index contributed by atoms with van der Waals surface area (Å²) in [5.41, 5.74) is 64.3.